The molecule has 0 amide bonds. The van der Waals surface area contributed by atoms with Gasteiger partial charge in [0.25, 0.3) is 0 Å². The molecule has 0 radical (unpaired) electrons. The molecule has 13 heteroatoms. The smallest absolute Gasteiger partial charge is 0.367 e. The number of hydrogen-bond acceptors (Lipinski definition) is 8. The van der Waals surface area contributed by atoms with Crippen molar-refractivity contribution in [2.75, 3.05) is 6.61 Å². The maximum Gasteiger partial charge on any atom is 0.514 e. The second-order valence-corrected chi connectivity index (χ2v) is 8.32. The lowest BCUT2D eigenvalue weighted by atomic mass is 9.73. The van der Waals surface area contributed by atoms with E-state index < -0.39 is 39.6 Å². The van der Waals surface area contributed by atoms with E-state index in [1.807, 2.05) is 0 Å². The molecule has 9 nitrogen and oxygen atoms in total. The van der Waals surface area contributed by atoms with Crippen LogP contribution in [-0.4, -0.2) is 29.8 Å². The molecule has 2 unspecified atom stereocenters. The molecule has 0 spiro atoms. The summed E-state index contributed by atoms with van der Waals surface area (Å²) in [4.78, 5) is 3.70. The summed E-state index contributed by atoms with van der Waals surface area (Å²) in [6, 6.07) is 9.38. The third-order valence-electron chi connectivity index (χ3n) is 5.02. The largest absolute Gasteiger partial charge is 0.514 e. The van der Waals surface area contributed by atoms with Gasteiger partial charge in [0.1, 0.15) is 23.6 Å². The maximum absolute atomic E-state index is 14.9. The minimum absolute atomic E-state index is 0.00708. The molecule has 1 aromatic heterocycles. The second-order valence-electron chi connectivity index (χ2n) is 6.77. The zero-order valence-electron chi connectivity index (χ0n) is 16.0. The summed E-state index contributed by atoms with van der Waals surface area (Å²) in [6.45, 7) is -0.121. The highest BCUT2D eigenvalue weighted by Gasteiger charge is 2.53. The molecule has 166 valence electrons. The van der Waals surface area contributed by atoms with Crippen LogP contribution < -0.4 is 4.18 Å². The molecule has 0 N–H and O–H groups in total. The Morgan fingerprint density at radius 3 is 2.75 bits per heavy atom. The fourth-order valence-electron chi connectivity index (χ4n) is 3.61. The number of halogens is 3. The zero-order chi connectivity index (χ0) is 22.9. The summed E-state index contributed by atoms with van der Waals surface area (Å²) in [6.07, 6.45) is 1.98. The molecule has 32 heavy (non-hydrogen) atoms. The number of rotatable bonds is 7. The van der Waals surface area contributed by atoms with E-state index in [2.05, 4.69) is 18.4 Å². The molecular weight excluding hydrogens is 470 g/mol. The van der Waals surface area contributed by atoms with Crippen LogP contribution in [0.1, 0.15) is 17.0 Å². The van der Waals surface area contributed by atoms with Gasteiger partial charge in [0.05, 0.1) is 13.2 Å². The Kier molecular flexibility index (Phi) is 5.72. The van der Waals surface area contributed by atoms with Crippen LogP contribution in [0.15, 0.2) is 48.8 Å². The standard InChI is InChI=1S/C19H13ClF2N4O5S/c20-16-4-2-1-3-13(16)15-8-29-19(15,14-6-5-12(21)7-17(14)22)9-26-18(24-11-25-26)31-32(27,28)30-10-23/h1-7,11,15H,8-9H2. The van der Waals surface area contributed by atoms with E-state index >= 15 is 0 Å². The van der Waals surface area contributed by atoms with E-state index in [0.29, 0.717) is 16.7 Å². The summed E-state index contributed by atoms with van der Waals surface area (Å²) in [7, 11) is -4.74. The fourth-order valence-corrected chi connectivity index (χ4v) is 4.31. The Hall–Kier alpha value is -3.27. The van der Waals surface area contributed by atoms with E-state index in [0.717, 1.165) is 23.3 Å². The number of aromatic nitrogens is 3. The SMILES string of the molecule is N#COS(=O)(=O)Oc1ncnn1CC1(c2ccc(F)cc2F)OCC1c1ccccc1Cl. The van der Waals surface area contributed by atoms with Gasteiger partial charge in [-0.05, 0) is 17.7 Å². The lowest BCUT2D eigenvalue weighted by Crippen LogP contribution is -2.52. The number of nitrogens with zero attached hydrogens (tertiary/aromatic N) is 4. The molecule has 2 atom stereocenters. The van der Waals surface area contributed by atoms with Crippen molar-refractivity contribution in [3.63, 3.8) is 0 Å². The molecule has 3 aromatic rings. The average Bonchev–Trinajstić information content (AvgIpc) is 3.13. The van der Waals surface area contributed by atoms with Gasteiger partial charge < -0.3 is 8.92 Å². The second kappa shape index (κ2) is 8.34. The predicted octanol–water partition coefficient (Wildman–Crippen LogP) is 3.04. The molecule has 1 saturated heterocycles. The van der Waals surface area contributed by atoms with Gasteiger partial charge in [-0.15, -0.1) is 13.7 Å². The van der Waals surface area contributed by atoms with Crippen LogP contribution in [0, 0.1) is 23.2 Å². The van der Waals surface area contributed by atoms with Gasteiger partial charge in [-0.1, -0.05) is 35.9 Å². The van der Waals surface area contributed by atoms with Crippen LogP contribution in [0.25, 0.3) is 0 Å². The number of ether oxygens (including phenoxy) is 1. The highest BCUT2D eigenvalue weighted by atomic mass is 35.5. The highest BCUT2D eigenvalue weighted by molar-refractivity contribution is 7.82. The van der Waals surface area contributed by atoms with Crippen molar-refractivity contribution in [3.8, 4) is 12.3 Å². The quantitative estimate of drug-likeness (QED) is 0.472. The van der Waals surface area contributed by atoms with Crippen LogP contribution in [-0.2, 0) is 31.5 Å². The van der Waals surface area contributed by atoms with E-state index in [4.69, 9.17) is 21.6 Å². The summed E-state index contributed by atoms with van der Waals surface area (Å²) in [5, 5.41) is 12.8. The van der Waals surface area contributed by atoms with Gasteiger partial charge >= 0.3 is 22.7 Å². The molecule has 1 aliphatic heterocycles. The van der Waals surface area contributed by atoms with Crippen molar-refractivity contribution in [2.45, 2.75) is 18.1 Å². The summed E-state index contributed by atoms with van der Waals surface area (Å²) < 4.78 is 67.2. The molecule has 4 rings (SSSR count). The van der Waals surface area contributed by atoms with Crippen molar-refractivity contribution in [1.29, 1.82) is 5.26 Å². The van der Waals surface area contributed by atoms with Crippen molar-refractivity contribution in [3.05, 3.63) is 76.6 Å². The van der Waals surface area contributed by atoms with Crippen molar-refractivity contribution in [1.82, 2.24) is 14.8 Å². The van der Waals surface area contributed by atoms with E-state index in [1.165, 1.54) is 6.07 Å². The molecular formula is C19H13ClF2N4O5S. The molecule has 0 aliphatic carbocycles. The van der Waals surface area contributed by atoms with Gasteiger partial charge in [-0.25, -0.2) is 13.5 Å². The first-order valence-corrected chi connectivity index (χ1v) is 10.7. The normalized spacial score (nSPS) is 20.2. The Morgan fingerprint density at radius 2 is 2.09 bits per heavy atom. The van der Waals surface area contributed by atoms with Crippen LogP contribution in [0.3, 0.4) is 0 Å². The molecule has 0 bridgehead atoms. The Morgan fingerprint density at radius 1 is 1.31 bits per heavy atom. The first-order chi connectivity index (χ1) is 15.3. The van der Waals surface area contributed by atoms with E-state index in [9.17, 15) is 17.2 Å². The highest BCUT2D eigenvalue weighted by Crippen LogP contribution is 2.52. The monoisotopic (exact) mass is 482 g/mol. The first kappa shape index (κ1) is 21.9. The lowest BCUT2D eigenvalue weighted by Gasteiger charge is -2.50. The van der Waals surface area contributed by atoms with Gasteiger partial charge in [-0.3, -0.25) is 4.18 Å². The third kappa shape index (κ3) is 3.97. The van der Waals surface area contributed by atoms with Crippen LogP contribution in [0.2, 0.25) is 5.02 Å². The summed E-state index contributed by atoms with van der Waals surface area (Å²) >= 11 is 6.35. The summed E-state index contributed by atoms with van der Waals surface area (Å²) in [5.41, 5.74) is -0.797. The minimum Gasteiger partial charge on any atom is -0.367 e. The lowest BCUT2D eigenvalue weighted by molar-refractivity contribution is -0.190. The maximum atomic E-state index is 14.9. The third-order valence-corrected chi connectivity index (χ3v) is 5.99. The minimum atomic E-state index is -4.74. The zero-order valence-corrected chi connectivity index (χ0v) is 17.6. The van der Waals surface area contributed by atoms with Gasteiger partial charge in [0.2, 0.25) is 0 Å². The first-order valence-electron chi connectivity index (χ1n) is 8.99. The van der Waals surface area contributed by atoms with Crippen molar-refractivity contribution >= 4 is 22.0 Å². The van der Waals surface area contributed by atoms with Gasteiger partial charge in [0.15, 0.2) is 0 Å². The van der Waals surface area contributed by atoms with Crippen LogP contribution in [0.4, 0.5) is 8.78 Å². The number of hydrogen-bond donors (Lipinski definition) is 0. The fraction of sp³-hybridized carbons (Fsp3) is 0.211. The van der Waals surface area contributed by atoms with Gasteiger partial charge in [-0.2, -0.15) is 10.1 Å². The molecule has 2 heterocycles. The van der Waals surface area contributed by atoms with E-state index in [-0.39, 0.29) is 18.7 Å². The van der Waals surface area contributed by atoms with E-state index in [1.54, 1.807) is 24.3 Å². The van der Waals surface area contributed by atoms with Crippen LogP contribution in [0.5, 0.6) is 6.01 Å². The number of benzene rings is 2. The predicted molar refractivity (Wildman–Crippen MR) is 104 cm³/mol. The van der Waals surface area contributed by atoms with Crippen molar-refractivity contribution < 1.29 is 30.3 Å². The summed E-state index contributed by atoms with van der Waals surface area (Å²) in [5.74, 6) is -2.15. The topological polar surface area (TPSA) is 116 Å². The number of nitriles is 1. The Balaban J connectivity index is 1.79. The van der Waals surface area contributed by atoms with Crippen LogP contribution >= 0.6 is 11.6 Å². The Labute approximate surface area is 186 Å². The molecule has 1 aliphatic rings. The Bertz CT molecular complexity index is 1310. The molecule has 0 saturated carbocycles. The van der Waals surface area contributed by atoms with Crippen molar-refractivity contribution in [2.24, 2.45) is 0 Å². The molecule has 2 aromatic carbocycles. The van der Waals surface area contributed by atoms with Gasteiger partial charge in [0, 0.05) is 22.6 Å². The molecule has 1 fully saturated rings. The average molecular weight is 483 g/mol.